The van der Waals surface area contributed by atoms with Gasteiger partial charge < -0.3 is 14.8 Å². The van der Waals surface area contributed by atoms with E-state index < -0.39 is 17.5 Å². The van der Waals surface area contributed by atoms with E-state index in [4.69, 9.17) is 9.47 Å². The smallest absolute Gasteiger partial charge is 0.347 e. The second kappa shape index (κ2) is 9.14. The summed E-state index contributed by atoms with van der Waals surface area (Å²) in [7, 11) is 0. The Labute approximate surface area is 171 Å². The number of aryl methyl sites for hydroxylation is 1. The number of anilines is 1. The second-order valence-corrected chi connectivity index (χ2v) is 6.99. The lowest BCUT2D eigenvalue weighted by atomic mass is 10.3. The number of esters is 2. The summed E-state index contributed by atoms with van der Waals surface area (Å²) in [6.07, 6.45) is 2.67. The van der Waals surface area contributed by atoms with Gasteiger partial charge in [0.15, 0.2) is 11.2 Å². The molecule has 8 nitrogen and oxygen atoms in total. The highest BCUT2D eigenvalue weighted by Gasteiger charge is 2.21. The Balaban J connectivity index is 2.52. The van der Waals surface area contributed by atoms with Crippen LogP contribution in [0.5, 0.6) is 0 Å². The fourth-order valence-corrected chi connectivity index (χ4v) is 3.47. The van der Waals surface area contributed by atoms with Crippen molar-refractivity contribution in [1.82, 2.24) is 9.38 Å². The van der Waals surface area contributed by atoms with Crippen molar-refractivity contribution in [2.24, 2.45) is 0 Å². The molecule has 0 aliphatic rings. The molecular formula is C17H17Br2N3O5. The van der Waals surface area contributed by atoms with Gasteiger partial charge >= 0.3 is 11.9 Å². The first-order valence-electron chi connectivity index (χ1n) is 7.99. The predicted molar refractivity (Wildman–Crippen MR) is 107 cm³/mol. The Bertz CT molecular complexity index is 965. The van der Waals surface area contributed by atoms with Gasteiger partial charge in [-0.05, 0) is 58.7 Å². The third-order valence-electron chi connectivity index (χ3n) is 3.38. The van der Waals surface area contributed by atoms with Crippen molar-refractivity contribution in [2.75, 3.05) is 18.5 Å². The molecule has 0 saturated carbocycles. The van der Waals surface area contributed by atoms with Gasteiger partial charge in [-0.15, -0.1) is 0 Å². The average molecular weight is 503 g/mol. The van der Waals surface area contributed by atoms with Gasteiger partial charge in [-0.1, -0.05) is 0 Å². The van der Waals surface area contributed by atoms with E-state index in [9.17, 15) is 14.4 Å². The van der Waals surface area contributed by atoms with Gasteiger partial charge in [0.1, 0.15) is 5.69 Å². The van der Waals surface area contributed by atoms with Crippen LogP contribution in [-0.2, 0) is 19.1 Å². The summed E-state index contributed by atoms with van der Waals surface area (Å²) < 4.78 is 12.4. The number of halogens is 2. The maximum absolute atomic E-state index is 12.8. The molecule has 2 aromatic rings. The molecule has 144 valence electrons. The Kier molecular flexibility index (Phi) is 7.14. The van der Waals surface area contributed by atoms with E-state index in [1.54, 1.807) is 33.0 Å². The van der Waals surface area contributed by atoms with Gasteiger partial charge in [0.2, 0.25) is 0 Å². The monoisotopic (exact) mass is 501 g/mol. The molecule has 2 aromatic heterocycles. The lowest BCUT2D eigenvalue weighted by molar-refractivity contribution is -0.146. The first-order valence-corrected chi connectivity index (χ1v) is 9.57. The van der Waals surface area contributed by atoms with E-state index in [1.165, 1.54) is 4.40 Å². The van der Waals surface area contributed by atoms with E-state index in [1.807, 2.05) is 0 Å². The van der Waals surface area contributed by atoms with Gasteiger partial charge in [0, 0.05) is 16.9 Å². The third kappa shape index (κ3) is 4.75. The molecule has 0 amide bonds. The zero-order chi connectivity index (χ0) is 20.1. The van der Waals surface area contributed by atoms with Gasteiger partial charge in [-0.25, -0.2) is 14.6 Å². The number of ether oxygens (including phenoxy) is 2. The van der Waals surface area contributed by atoms with Crippen molar-refractivity contribution in [1.29, 1.82) is 0 Å². The van der Waals surface area contributed by atoms with Crippen LogP contribution in [-0.4, -0.2) is 34.5 Å². The molecule has 0 spiro atoms. The van der Waals surface area contributed by atoms with Gasteiger partial charge in [-0.3, -0.25) is 9.20 Å². The van der Waals surface area contributed by atoms with Crippen LogP contribution >= 0.6 is 31.9 Å². The summed E-state index contributed by atoms with van der Waals surface area (Å²) in [5.41, 5.74) is 0.196. The molecule has 0 aromatic carbocycles. The van der Waals surface area contributed by atoms with Gasteiger partial charge in [0.25, 0.3) is 5.56 Å². The molecule has 0 bridgehead atoms. The lowest BCUT2D eigenvalue weighted by Gasteiger charge is -2.11. The van der Waals surface area contributed by atoms with Crippen LogP contribution in [0.3, 0.4) is 0 Å². The fourth-order valence-electron chi connectivity index (χ4n) is 2.20. The lowest BCUT2D eigenvalue weighted by Crippen LogP contribution is -2.23. The van der Waals surface area contributed by atoms with Gasteiger partial charge in [-0.2, -0.15) is 0 Å². The molecule has 0 unspecified atom stereocenters. The van der Waals surface area contributed by atoms with Crippen LogP contribution < -0.4 is 10.9 Å². The summed E-state index contributed by atoms with van der Waals surface area (Å²) >= 11 is 6.69. The van der Waals surface area contributed by atoms with Crippen LogP contribution in [0.15, 0.2) is 37.8 Å². The molecule has 0 fully saturated rings. The Morgan fingerprint density at radius 2 is 1.81 bits per heavy atom. The number of nitrogens with zero attached hydrogens (tertiary/aromatic N) is 2. The minimum atomic E-state index is -0.847. The molecule has 1 N–H and O–H groups in total. The summed E-state index contributed by atoms with van der Waals surface area (Å²) in [6, 6.07) is 1.77. The molecule has 0 aliphatic heterocycles. The molecule has 0 aliphatic carbocycles. The fraction of sp³-hybridized carbons (Fsp3) is 0.294. The number of nitrogens with one attached hydrogen (secondary N) is 1. The molecule has 0 radical (unpaired) electrons. The molecule has 2 heterocycles. The Morgan fingerprint density at radius 3 is 2.37 bits per heavy atom. The topological polar surface area (TPSA) is 99.0 Å². The van der Waals surface area contributed by atoms with Crippen molar-refractivity contribution in [3.8, 4) is 0 Å². The van der Waals surface area contributed by atoms with Crippen molar-refractivity contribution >= 4 is 55.1 Å². The number of rotatable bonds is 6. The van der Waals surface area contributed by atoms with Crippen LogP contribution in [0.1, 0.15) is 19.5 Å². The first-order chi connectivity index (χ1) is 12.8. The Hall–Kier alpha value is -2.20. The van der Waals surface area contributed by atoms with E-state index in [0.29, 0.717) is 20.3 Å². The quantitative estimate of drug-likeness (QED) is 0.280. The van der Waals surface area contributed by atoms with E-state index >= 15 is 0 Å². The summed E-state index contributed by atoms with van der Waals surface area (Å²) in [5, 5.41) is 2.70. The van der Waals surface area contributed by atoms with Gasteiger partial charge in [0.05, 0.1) is 23.4 Å². The average Bonchev–Trinajstić information content (AvgIpc) is 2.59. The normalized spacial score (nSPS) is 10.4. The zero-order valence-corrected chi connectivity index (χ0v) is 18.0. The van der Waals surface area contributed by atoms with Crippen LogP contribution in [0.25, 0.3) is 5.65 Å². The number of pyridine rings is 1. The van der Waals surface area contributed by atoms with Crippen molar-refractivity contribution in [3.63, 3.8) is 0 Å². The zero-order valence-electron chi connectivity index (χ0n) is 14.8. The summed E-state index contributed by atoms with van der Waals surface area (Å²) in [6.45, 7) is 5.06. The molecule has 2 rings (SSSR count). The molecule has 0 saturated heterocycles. The minimum Gasteiger partial charge on any atom is -0.462 e. The number of carbonyl (C=O) groups excluding carboxylic acids is 2. The number of hydrogen-bond acceptors (Lipinski definition) is 7. The Morgan fingerprint density at radius 1 is 1.22 bits per heavy atom. The first kappa shape index (κ1) is 21.1. The summed E-state index contributed by atoms with van der Waals surface area (Å²) in [4.78, 5) is 41.2. The van der Waals surface area contributed by atoms with E-state index in [0.717, 1.165) is 6.20 Å². The molecular weight excluding hydrogens is 486 g/mol. The van der Waals surface area contributed by atoms with Crippen LogP contribution in [0, 0.1) is 6.92 Å². The number of aromatic nitrogens is 2. The van der Waals surface area contributed by atoms with Crippen LogP contribution in [0.2, 0.25) is 0 Å². The SMILES string of the molecule is CCOC(=O)C(=CNc1c(C)nc2c(Br)cc(Br)cn2c1=O)C(=O)OCC. The third-order valence-corrected chi connectivity index (χ3v) is 4.40. The summed E-state index contributed by atoms with van der Waals surface area (Å²) in [5.74, 6) is -1.69. The highest BCUT2D eigenvalue weighted by Crippen LogP contribution is 2.22. The molecule has 0 atom stereocenters. The number of hydrogen-bond donors (Lipinski definition) is 1. The maximum atomic E-state index is 12.8. The number of fused-ring (bicyclic) bond motifs is 1. The predicted octanol–water partition coefficient (Wildman–Crippen LogP) is 2.95. The largest absolute Gasteiger partial charge is 0.462 e. The number of carbonyl (C=O) groups is 2. The maximum Gasteiger partial charge on any atom is 0.347 e. The van der Waals surface area contributed by atoms with Crippen molar-refractivity contribution in [2.45, 2.75) is 20.8 Å². The molecule has 10 heteroatoms. The minimum absolute atomic E-state index is 0.0941. The standard InChI is InChI=1S/C17H17Br2N3O5/c1-4-26-16(24)11(17(25)27-5-2)7-20-13-9(3)21-14-12(19)6-10(18)8-22(14)15(13)23/h6-8,20H,4-5H2,1-3H3. The molecule has 27 heavy (non-hydrogen) atoms. The van der Waals surface area contributed by atoms with E-state index in [2.05, 4.69) is 42.2 Å². The van der Waals surface area contributed by atoms with E-state index in [-0.39, 0.29) is 24.5 Å². The highest BCUT2D eigenvalue weighted by molar-refractivity contribution is 9.11. The van der Waals surface area contributed by atoms with Crippen molar-refractivity contribution in [3.05, 3.63) is 49.0 Å². The second-order valence-electron chi connectivity index (χ2n) is 5.22. The van der Waals surface area contributed by atoms with Crippen LogP contribution in [0.4, 0.5) is 5.69 Å². The highest BCUT2D eigenvalue weighted by atomic mass is 79.9. The van der Waals surface area contributed by atoms with Crippen molar-refractivity contribution < 1.29 is 19.1 Å².